The second-order valence-electron chi connectivity index (χ2n) is 5.68. The number of hydrogen-bond acceptors (Lipinski definition) is 2. The predicted molar refractivity (Wildman–Crippen MR) is 80.0 cm³/mol. The lowest BCUT2D eigenvalue weighted by Gasteiger charge is -2.29. The summed E-state index contributed by atoms with van der Waals surface area (Å²) in [7, 11) is 1.64. The molecule has 108 valence electrons. The topological polar surface area (TPSA) is 46.5 Å². The first-order valence-corrected chi connectivity index (χ1v) is 7.15. The van der Waals surface area contributed by atoms with Crippen LogP contribution >= 0.6 is 0 Å². The zero-order valence-electron chi connectivity index (χ0n) is 12.3. The number of ether oxygens (including phenoxy) is 1. The number of hydrogen-bond donors (Lipinski definition) is 1. The van der Waals surface area contributed by atoms with Crippen molar-refractivity contribution in [2.75, 3.05) is 7.11 Å². The lowest BCUT2D eigenvalue weighted by molar-refractivity contribution is -0.131. The molecule has 3 nitrogen and oxygen atoms in total. The van der Waals surface area contributed by atoms with Gasteiger partial charge in [-0.1, -0.05) is 32.4 Å². The molecule has 0 saturated heterocycles. The Kier molecular flexibility index (Phi) is 4.48. The van der Waals surface area contributed by atoms with E-state index < -0.39 is 5.97 Å². The predicted octanol–water partition coefficient (Wildman–Crippen LogP) is 4.09. The Bertz CT molecular complexity index is 525. The summed E-state index contributed by atoms with van der Waals surface area (Å²) in [6.45, 7) is 4.27. The Morgan fingerprint density at radius 3 is 2.55 bits per heavy atom. The Morgan fingerprint density at radius 1 is 1.40 bits per heavy atom. The van der Waals surface area contributed by atoms with Gasteiger partial charge >= 0.3 is 5.97 Å². The highest BCUT2D eigenvalue weighted by molar-refractivity contribution is 5.91. The van der Waals surface area contributed by atoms with Crippen LogP contribution in [0.25, 0.3) is 5.57 Å². The molecule has 0 aliphatic heterocycles. The molecule has 0 spiro atoms. The van der Waals surface area contributed by atoms with E-state index in [0.717, 1.165) is 29.7 Å². The molecular formula is C17H22O3. The van der Waals surface area contributed by atoms with Crippen LogP contribution < -0.4 is 4.74 Å². The lowest BCUT2D eigenvalue weighted by Crippen LogP contribution is -2.15. The molecule has 0 atom stereocenters. The van der Waals surface area contributed by atoms with Gasteiger partial charge in [-0.3, -0.25) is 0 Å². The molecule has 2 rings (SSSR count). The van der Waals surface area contributed by atoms with Crippen LogP contribution in [0.5, 0.6) is 5.75 Å². The van der Waals surface area contributed by atoms with Crippen LogP contribution in [-0.4, -0.2) is 18.2 Å². The Hall–Kier alpha value is -1.77. The van der Waals surface area contributed by atoms with Gasteiger partial charge in [-0.25, -0.2) is 4.79 Å². The molecule has 1 N–H and O–H groups in total. The van der Waals surface area contributed by atoms with E-state index in [1.54, 1.807) is 7.11 Å². The molecular weight excluding hydrogens is 252 g/mol. The SMILES string of the molecule is COc1cc(C(C)C)ccc1/C(=C/C(=O)O)C1CCC1. The summed E-state index contributed by atoms with van der Waals surface area (Å²) in [6, 6.07) is 6.09. The third-order valence-corrected chi connectivity index (χ3v) is 4.03. The van der Waals surface area contributed by atoms with Crippen LogP contribution in [0, 0.1) is 5.92 Å². The number of carboxylic acids is 1. The zero-order valence-corrected chi connectivity index (χ0v) is 12.3. The molecule has 1 aromatic rings. The summed E-state index contributed by atoms with van der Waals surface area (Å²) in [6.07, 6.45) is 4.65. The second kappa shape index (κ2) is 6.12. The highest BCUT2D eigenvalue weighted by atomic mass is 16.5. The first-order valence-electron chi connectivity index (χ1n) is 7.15. The fraction of sp³-hybridized carbons (Fsp3) is 0.471. The normalized spacial score (nSPS) is 16.1. The first-order chi connectivity index (χ1) is 9.52. The van der Waals surface area contributed by atoms with Crippen molar-refractivity contribution in [2.24, 2.45) is 5.92 Å². The fourth-order valence-electron chi connectivity index (χ4n) is 2.57. The fourth-order valence-corrected chi connectivity index (χ4v) is 2.57. The minimum atomic E-state index is -0.887. The molecule has 20 heavy (non-hydrogen) atoms. The standard InChI is InChI=1S/C17H22O3/c1-11(2)13-7-8-14(16(9-13)20-3)15(10-17(18)19)12-5-4-6-12/h7-12H,4-6H2,1-3H3,(H,18,19)/b15-10+. The number of benzene rings is 1. The van der Waals surface area contributed by atoms with E-state index in [4.69, 9.17) is 9.84 Å². The van der Waals surface area contributed by atoms with Crippen LogP contribution in [0.1, 0.15) is 50.2 Å². The Morgan fingerprint density at radius 2 is 2.10 bits per heavy atom. The van der Waals surface area contributed by atoms with Crippen LogP contribution in [0.3, 0.4) is 0 Å². The summed E-state index contributed by atoms with van der Waals surface area (Å²) >= 11 is 0. The summed E-state index contributed by atoms with van der Waals surface area (Å²) in [5.74, 6) is 0.663. The van der Waals surface area contributed by atoms with Crippen molar-refractivity contribution in [2.45, 2.75) is 39.0 Å². The highest BCUT2D eigenvalue weighted by Crippen LogP contribution is 2.42. The van der Waals surface area contributed by atoms with Crippen molar-refractivity contribution < 1.29 is 14.6 Å². The molecule has 0 heterocycles. The van der Waals surface area contributed by atoms with Gasteiger partial charge < -0.3 is 9.84 Å². The summed E-state index contributed by atoms with van der Waals surface area (Å²) < 4.78 is 5.48. The van der Waals surface area contributed by atoms with Crippen molar-refractivity contribution >= 4 is 11.5 Å². The quantitative estimate of drug-likeness (QED) is 0.823. The van der Waals surface area contributed by atoms with Crippen molar-refractivity contribution in [1.82, 2.24) is 0 Å². The van der Waals surface area contributed by atoms with Gasteiger partial charge in [0.15, 0.2) is 0 Å². The summed E-state index contributed by atoms with van der Waals surface area (Å²) in [5, 5.41) is 9.10. The van der Waals surface area contributed by atoms with Gasteiger partial charge in [0.25, 0.3) is 0 Å². The zero-order chi connectivity index (χ0) is 14.7. The van der Waals surface area contributed by atoms with E-state index in [0.29, 0.717) is 11.8 Å². The van der Waals surface area contributed by atoms with Crippen molar-refractivity contribution in [3.8, 4) is 5.75 Å². The second-order valence-corrected chi connectivity index (χ2v) is 5.68. The maximum absolute atomic E-state index is 11.1. The van der Waals surface area contributed by atoms with Gasteiger partial charge in [-0.2, -0.15) is 0 Å². The van der Waals surface area contributed by atoms with E-state index in [1.165, 1.54) is 18.1 Å². The summed E-state index contributed by atoms with van der Waals surface area (Å²) in [4.78, 5) is 11.1. The molecule has 0 unspecified atom stereocenters. The van der Waals surface area contributed by atoms with Crippen LogP contribution in [0.2, 0.25) is 0 Å². The van der Waals surface area contributed by atoms with E-state index in [1.807, 2.05) is 12.1 Å². The van der Waals surface area contributed by atoms with E-state index in [2.05, 4.69) is 19.9 Å². The molecule has 1 fully saturated rings. The maximum atomic E-state index is 11.1. The molecule has 0 amide bonds. The average Bonchev–Trinajstić information content (AvgIpc) is 2.34. The summed E-state index contributed by atoms with van der Waals surface area (Å²) in [5.41, 5.74) is 3.02. The minimum Gasteiger partial charge on any atom is -0.496 e. The van der Waals surface area contributed by atoms with Gasteiger partial charge in [-0.05, 0) is 41.9 Å². The Labute approximate surface area is 120 Å². The number of carbonyl (C=O) groups is 1. The van der Waals surface area contributed by atoms with Gasteiger partial charge in [0.2, 0.25) is 0 Å². The number of methoxy groups -OCH3 is 1. The van der Waals surface area contributed by atoms with Crippen molar-refractivity contribution in [3.05, 3.63) is 35.4 Å². The Balaban J connectivity index is 2.44. The van der Waals surface area contributed by atoms with E-state index >= 15 is 0 Å². The van der Waals surface area contributed by atoms with Crippen molar-refractivity contribution in [3.63, 3.8) is 0 Å². The molecule has 1 aliphatic carbocycles. The maximum Gasteiger partial charge on any atom is 0.328 e. The van der Waals surface area contributed by atoms with E-state index in [-0.39, 0.29) is 0 Å². The number of allylic oxidation sites excluding steroid dienone is 1. The monoisotopic (exact) mass is 274 g/mol. The number of carboxylic acid groups (broad SMARTS) is 1. The lowest BCUT2D eigenvalue weighted by atomic mass is 9.76. The van der Waals surface area contributed by atoms with Crippen molar-refractivity contribution in [1.29, 1.82) is 0 Å². The van der Waals surface area contributed by atoms with Gasteiger partial charge in [0.1, 0.15) is 5.75 Å². The van der Waals surface area contributed by atoms with Crippen LogP contribution in [-0.2, 0) is 4.79 Å². The molecule has 1 aromatic carbocycles. The average molecular weight is 274 g/mol. The first kappa shape index (κ1) is 14.6. The molecule has 1 aliphatic rings. The molecule has 1 saturated carbocycles. The van der Waals surface area contributed by atoms with Gasteiger partial charge in [0, 0.05) is 11.6 Å². The van der Waals surface area contributed by atoms with Crippen LogP contribution in [0.4, 0.5) is 0 Å². The molecule has 0 radical (unpaired) electrons. The third kappa shape index (κ3) is 3.03. The smallest absolute Gasteiger partial charge is 0.328 e. The molecule has 0 aromatic heterocycles. The number of aliphatic carboxylic acids is 1. The van der Waals surface area contributed by atoms with Gasteiger partial charge in [-0.15, -0.1) is 0 Å². The van der Waals surface area contributed by atoms with Gasteiger partial charge in [0.05, 0.1) is 7.11 Å². The minimum absolute atomic E-state index is 0.352. The number of rotatable bonds is 5. The molecule has 0 bridgehead atoms. The van der Waals surface area contributed by atoms with Crippen LogP contribution in [0.15, 0.2) is 24.3 Å². The third-order valence-electron chi connectivity index (χ3n) is 4.03. The van der Waals surface area contributed by atoms with E-state index in [9.17, 15) is 4.79 Å². The highest BCUT2D eigenvalue weighted by Gasteiger charge is 2.25. The molecule has 3 heteroatoms. The largest absolute Gasteiger partial charge is 0.496 e.